The third kappa shape index (κ3) is 2.80. The van der Waals surface area contributed by atoms with Crippen molar-refractivity contribution in [1.82, 2.24) is 4.90 Å². The maximum Gasteiger partial charge on any atom is 0.291 e. The van der Waals surface area contributed by atoms with Crippen LogP contribution in [0.25, 0.3) is 11.0 Å². The molecule has 0 aliphatic carbocycles. The predicted octanol–water partition coefficient (Wildman–Crippen LogP) is 4.67. The molecular weight excluding hydrogens is 459 g/mol. The molecule has 1 spiro atoms. The van der Waals surface area contributed by atoms with Gasteiger partial charge in [0.15, 0.2) is 11.0 Å². The predicted molar refractivity (Wildman–Crippen MR) is 133 cm³/mol. The normalized spacial score (nSPS) is 18.3. The largest absolute Gasteiger partial charge is 0.450 e. The number of fused-ring (bicyclic) bond motifs is 5. The summed E-state index contributed by atoms with van der Waals surface area (Å²) >= 11 is 0. The van der Waals surface area contributed by atoms with Crippen LogP contribution in [-0.2, 0) is 16.9 Å². The molecule has 0 bridgehead atoms. The zero-order chi connectivity index (χ0) is 25.2. The van der Waals surface area contributed by atoms with Crippen LogP contribution in [-0.4, -0.2) is 23.3 Å². The molecule has 36 heavy (non-hydrogen) atoms. The van der Waals surface area contributed by atoms with Gasteiger partial charge < -0.3 is 14.2 Å². The summed E-state index contributed by atoms with van der Waals surface area (Å²) in [4.78, 5) is 45.1. The standard InChI is InChI=1S/C29H21FN2O4/c1-3-14-32-27(34)26-24(25(33)20-15-17(2)8-13-23(20)36-26)29(32)21-6-4-5-7-22(21)31(28(29)35)16-18-9-11-19(30)12-10-18/h3-13,15H,1,14,16H2,2H3. The number of halogens is 1. The lowest BCUT2D eigenvalue weighted by atomic mass is 9.84. The van der Waals surface area contributed by atoms with E-state index in [-0.39, 0.29) is 35.8 Å². The Kier molecular flexibility index (Phi) is 4.73. The molecule has 1 atom stereocenters. The Bertz CT molecular complexity index is 1660. The fourth-order valence-electron chi connectivity index (χ4n) is 5.41. The Balaban J connectivity index is 1.66. The third-order valence-corrected chi connectivity index (χ3v) is 6.96. The average Bonchev–Trinajstić information content (AvgIpc) is 3.26. The van der Waals surface area contributed by atoms with E-state index >= 15 is 0 Å². The van der Waals surface area contributed by atoms with Gasteiger partial charge in [0.25, 0.3) is 11.8 Å². The van der Waals surface area contributed by atoms with Crippen LogP contribution in [0.15, 0.2) is 88.6 Å². The van der Waals surface area contributed by atoms with Crippen molar-refractivity contribution in [3.8, 4) is 0 Å². The van der Waals surface area contributed by atoms with Crippen molar-refractivity contribution in [3.05, 3.63) is 123 Å². The van der Waals surface area contributed by atoms with Gasteiger partial charge in [-0.1, -0.05) is 48.0 Å². The van der Waals surface area contributed by atoms with E-state index in [0.29, 0.717) is 22.2 Å². The summed E-state index contributed by atoms with van der Waals surface area (Å²) in [6, 6.07) is 18.2. The minimum absolute atomic E-state index is 0.0199. The molecule has 1 aromatic heterocycles. The van der Waals surface area contributed by atoms with Crippen molar-refractivity contribution in [1.29, 1.82) is 0 Å². The molecule has 0 saturated carbocycles. The summed E-state index contributed by atoms with van der Waals surface area (Å²) in [7, 11) is 0. The van der Waals surface area contributed by atoms with Gasteiger partial charge in [0.2, 0.25) is 5.76 Å². The van der Waals surface area contributed by atoms with E-state index in [9.17, 15) is 18.8 Å². The monoisotopic (exact) mass is 480 g/mol. The Hall–Kier alpha value is -4.52. The summed E-state index contributed by atoms with van der Waals surface area (Å²) in [5, 5.41) is 0.309. The smallest absolute Gasteiger partial charge is 0.291 e. The van der Waals surface area contributed by atoms with E-state index in [1.54, 1.807) is 59.5 Å². The Morgan fingerprint density at radius 3 is 2.53 bits per heavy atom. The number of carbonyl (C=O) groups is 2. The fourth-order valence-corrected chi connectivity index (χ4v) is 5.41. The molecule has 0 saturated heterocycles. The first-order valence-electron chi connectivity index (χ1n) is 11.5. The van der Waals surface area contributed by atoms with Gasteiger partial charge in [-0.05, 0) is 42.8 Å². The number of para-hydroxylation sites is 1. The van der Waals surface area contributed by atoms with Crippen LogP contribution in [0.3, 0.4) is 0 Å². The molecule has 2 aliphatic heterocycles. The Morgan fingerprint density at radius 2 is 1.78 bits per heavy atom. The summed E-state index contributed by atoms with van der Waals surface area (Å²) in [6.07, 6.45) is 1.53. The zero-order valence-corrected chi connectivity index (χ0v) is 19.5. The number of carbonyl (C=O) groups excluding carboxylic acids is 2. The van der Waals surface area contributed by atoms with Crippen LogP contribution in [0.2, 0.25) is 0 Å². The van der Waals surface area contributed by atoms with Gasteiger partial charge in [-0.15, -0.1) is 6.58 Å². The summed E-state index contributed by atoms with van der Waals surface area (Å²) < 4.78 is 19.5. The van der Waals surface area contributed by atoms with Crippen molar-refractivity contribution >= 4 is 28.5 Å². The second-order valence-electron chi connectivity index (χ2n) is 9.08. The summed E-state index contributed by atoms with van der Waals surface area (Å²) in [5.41, 5.74) is 0.846. The van der Waals surface area contributed by atoms with Gasteiger partial charge in [-0.2, -0.15) is 0 Å². The summed E-state index contributed by atoms with van der Waals surface area (Å²) in [5.74, 6) is -1.50. The van der Waals surface area contributed by atoms with Crippen molar-refractivity contribution in [2.24, 2.45) is 0 Å². The van der Waals surface area contributed by atoms with Crippen LogP contribution in [0.1, 0.15) is 32.8 Å². The van der Waals surface area contributed by atoms with Crippen molar-refractivity contribution in [3.63, 3.8) is 0 Å². The first kappa shape index (κ1) is 22.0. The van der Waals surface area contributed by atoms with Crippen molar-refractivity contribution in [2.75, 3.05) is 11.4 Å². The minimum atomic E-state index is -1.70. The number of amides is 2. The molecule has 0 fully saturated rings. The van der Waals surface area contributed by atoms with Crippen LogP contribution in [0.4, 0.5) is 10.1 Å². The van der Waals surface area contributed by atoms with Crippen LogP contribution in [0, 0.1) is 12.7 Å². The number of benzene rings is 3. The lowest BCUT2D eigenvalue weighted by Gasteiger charge is -2.33. The molecule has 6 nitrogen and oxygen atoms in total. The lowest BCUT2D eigenvalue weighted by molar-refractivity contribution is -0.126. The molecule has 6 rings (SSSR count). The summed E-state index contributed by atoms with van der Waals surface area (Å²) in [6.45, 7) is 5.81. The lowest BCUT2D eigenvalue weighted by Crippen LogP contribution is -2.53. The van der Waals surface area contributed by atoms with Gasteiger partial charge in [0.1, 0.15) is 11.4 Å². The maximum absolute atomic E-state index is 14.4. The first-order chi connectivity index (χ1) is 17.4. The van der Waals surface area contributed by atoms with Crippen molar-refractivity contribution in [2.45, 2.75) is 19.0 Å². The molecule has 2 aliphatic rings. The first-order valence-corrected chi connectivity index (χ1v) is 11.5. The van der Waals surface area contributed by atoms with Gasteiger partial charge in [-0.3, -0.25) is 14.4 Å². The fraction of sp³-hybridized carbons (Fsp3) is 0.138. The number of hydrogen-bond donors (Lipinski definition) is 0. The van der Waals surface area contributed by atoms with E-state index < -0.39 is 22.8 Å². The van der Waals surface area contributed by atoms with Crippen LogP contribution < -0.4 is 10.3 Å². The molecule has 0 N–H and O–H groups in total. The van der Waals surface area contributed by atoms with Crippen LogP contribution >= 0.6 is 0 Å². The Morgan fingerprint density at radius 1 is 1.03 bits per heavy atom. The second-order valence-corrected chi connectivity index (χ2v) is 9.08. The maximum atomic E-state index is 14.4. The second kappa shape index (κ2) is 7.75. The molecule has 0 radical (unpaired) electrons. The Labute approximate surface area is 205 Å². The van der Waals surface area contributed by atoms with E-state index in [4.69, 9.17) is 4.42 Å². The highest BCUT2D eigenvalue weighted by atomic mass is 19.1. The van der Waals surface area contributed by atoms with Crippen LogP contribution in [0.5, 0.6) is 0 Å². The molecule has 4 aromatic rings. The van der Waals surface area contributed by atoms with E-state index in [0.717, 1.165) is 5.56 Å². The van der Waals surface area contributed by atoms with Gasteiger partial charge in [-0.25, -0.2) is 4.39 Å². The topological polar surface area (TPSA) is 70.8 Å². The zero-order valence-electron chi connectivity index (χ0n) is 19.5. The highest BCUT2D eigenvalue weighted by Crippen LogP contribution is 2.52. The molecule has 178 valence electrons. The van der Waals surface area contributed by atoms with Gasteiger partial charge in [0, 0.05) is 12.1 Å². The quantitative estimate of drug-likeness (QED) is 0.398. The number of anilines is 1. The van der Waals surface area contributed by atoms with Gasteiger partial charge in [0.05, 0.1) is 23.2 Å². The number of rotatable bonds is 4. The van der Waals surface area contributed by atoms with Gasteiger partial charge >= 0.3 is 0 Å². The van der Waals surface area contributed by atoms with Crippen molar-refractivity contribution < 1.29 is 18.4 Å². The number of nitrogens with zero attached hydrogens (tertiary/aromatic N) is 2. The average molecular weight is 480 g/mol. The minimum Gasteiger partial charge on any atom is -0.450 e. The SMILES string of the molecule is C=CCN1C(=O)c2oc3ccc(C)cc3c(=O)c2C12C(=O)N(Cc1ccc(F)cc1)c1ccccc12. The van der Waals surface area contributed by atoms with E-state index in [1.807, 2.05) is 6.92 Å². The molecular formula is C29H21FN2O4. The van der Waals surface area contributed by atoms with E-state index in [1.165, 1.54) is 23.1 Å². The number of aryl methyl sites for hydroxylation is 1. The molecule has 2 amide bonds. The highest BCUT2D eigenvalue weighted by molar-refractivity contribution is 6.17. The third-order valence-electron chi connectivity index (χ3n) is 6.96. The number of hydrogen-bond acceptors (Lipinski definition) is 4. The van der Waals surface area contributed by atoms with E-state index in [2.05, 4.69) is 6.58 Å². The molecule has 3 aromatic carbocycles. The highest BCUT2D eigenvalue weighted by Gasteiger charge is 2.64. The molecule has 3 heterocycles. The molecule has 7 heteroatoms. The molecule has 1 unspecified atom stereocenters.